The Morgan fingerprint density at radius 2 is 1.08 bits per heavy atom. The van der Waals surface area contributed by atoms with E-state index in [-0.39, 0.29) is 4.90 Å². The summed E-state index contributed by atoms with van der Waals surface area (Å²) in [5.74, 6) is -1.99. The van der Waals surface area contributed by atoms with Gasteiger partial charge in [0.1, 0.15) is 0 Å². The van der Waals surface area contributed by atoms with Gasteiger partial charge >= 0.3 is 0 Å². The van der Waals surface area contributed by atoms with Gasteiger partial charge in [-0.25, -0.2) is 0 Å². The molecule has 8 aromatic carbocycles. The predicted octanol–water partition coefficient (Wildman–Crippen LogP) is 13.9. The average Bonchev–Trinajstić information content (AvgIpc) is 0.657. The van der Waals surface area contributed by atoms with Crippen LogP contribution < -0.4 is 14.5 Å². The van der Waals surface area contributed by atoms with E-state index in [4.69, 9.17) is 26.7 Å². The van der Waals surface area contributed by atoms with Gasteiger partial charge in [0.2, 0.25) is 0 Å². The maximum absolute atomic E-state index is 10.4. The Kier molecular flexibility index (Phi) is 2.48. The number of para-hydroxylation sites is 1. The molecule has 2 heterocycles. The van der Waals surface area contributed by atoms with Gasteiger partial charge in [0.05, 0.1) is 58.2 Å². The second-order valence-corrected chi connectivity index (χ2v) is 11.0. The van der Waals surface area contributed by atoms with E-state index in [9.17, 15) is 27.4 Å². The molecule has 8 aromatic rings. The van der Waals surface area contributed by atoms with Crippen LogP contribution in [0.3, 0.4) is 0 Å². The van der Waals surface area contributed by atoms with Crippen molar-refractivity contribution < 1.29 is 54.1 Å². The predicted molar refractivity (Wildman–Crippen MR) is 216 cm³/mol. The van der Waals surface area contributed by atoms with Crippen LogP contribution in [0.2, 0.25) is 0 Å². The van der Waals surface area contributed by atoms with Gasteiger partial charge in [0.15, 0.2) is 11.5 Å². The zero-order valence-electron chi connectivity index (χ0n) is 61.8. The number of fused-ring (bicyclic) bond motifs is 6. The fourth-order valence-electron chi connectivity index (χ4n) is 5.78. The molecule has 0 unspecified atom stereocenters. The first-order chi connectivity index (χ1) is 40.5. The van der Waals surface area contributed by atoms with Gasteiger partial charge in [-0.1, -0.05) is 141 Å². The van der Waals surface area contributed by atoms with Crippen molar-refractivity contribution >= 4 is 44.9 Å². The highest BCUT2D eigenvalue weighted by Gasteiger charge is 2.42. The fraction of sp³-hybridized carbons (Fsp3) is 0.0612. The summed E-state index contributed by atoms with van der Waals surface area (Å²) >= 11 is 0. The molecule has 0 saturated carbocycles. The Bertz CT molecular complexity index is 4320. The van der Waals surface area contributed by atoms with Gasteiger partial charge in [0, 0.05) is 36.1 Å². The van der Waals surface area contributed by atoms with Gasteiger partial charge in [-0.15, -0.1) is 0 Å². The van der Waals surface area contributed by atoms with Crippen LogP contribution in [0.25, 0.3) is 33.0 Å². The quantitative estimate of drug-likeness (QED) is 0.177. The maximum Gasteiger partial charge on any atom is 0.152 e. The number of benzene rings is 8. The van der Waals surface area contributed by atoms with Gasteiger partial charge in [0.25, 0.3) is 0 Å². The van der Waals surface area contributed by atoms with Crippen molar-refractivity contribution in [2.24, 2.45) is 0 Å². The summed E-state index contributed by atoms with van der Waals surface area (Å²) in [6, 6.07) is -36.2. The molecule has 0 fully saturated rings. The molecule has 52 heavy (non-hydrogen) atoms. The van der Waals surface area contributed by atoms with Crippen molar-refractivity contribution in [2.75, 3.05) is 9.80 Å². The molecular formula is C49H36N2O. The van der Waals surface area contributed by atoms with Crippen LogP contribution in [0.4, 0.5) is 34.1 Å². The molecule has 3 nitrogen and oxygen atoms in total. The van der Waals surface area contributed by atoms with Crippen molar-refractivity contribution in [1.82, 2.24) is 0 Å². The van der Waals surface area contributed by atoms with Crippen LogP contribution in [-0.4, -0.2) is 0 Å². The minimum atomic E-state index is -4.27. The number of nitrogens with zero attached hydrogens (tertiary/aromatic N) is 2. The summed E-state index contributed by atoms with van der Waals surface area (Å²) in [5, 5.41) is -1.55. The Morgan fingerprint density at radius 1 is 0.500 bits per heavy atom. The average molecular weight is 705 g/mol. The number of hydrogen-bond acceptors (Lipinski definition) is 3. The van der Waals surface area contributed by atoms with Crippen LogP contribution in [0.5, 0.6) is 11.5 Å². The van der Waals surface area contributed by atoms with Crippen LogP contribution in [0.1, 0.15) is 74.2 Å². The number of hydrogen-bond donors (Lipinski definition) is 0. The normalized spacial score (nSPS) is 23.7. The monoisotopic (exact) mass is 705 g/mol. The van der Waals surface area contributed by atoms with Crippen molar-refractivity contribution in [3.63, 3.8) is 0 Å². The topological polar surface area (TPSA) is 15.7 Å². The smallest absolute Gasteiger partial charge is 0.152 e. The molecule has 2 aliphatic rings. The third-order valence-corrected chi connectivity index (χ3v) is 8.05. The molecule has 2 aliphatic heterocycles. The van der Waals surface area contributed by atoms with Crippen molar-refractivity contribution in [3.8, 4) is 33.8 Å². The summed E-state index contributed by atoms with van der Waals surface area (Å²) in [5.41, 5.74) is -18.5. The third kappa shape index (κ3) is 4.74. The summed E-state index contributed by atoms with van der Waals surface area (Å²) in [6.45, 7) is -8.54. The molecule has 0 radical (unpaired) electrons. The summed E-state index contributed by atoms with van der Waals surface area (Å²) in [7, 11) is 0. The fourth-order valence-corrected chi connectivity index (χ4v) is 5.78. The van der Waals surface area contributed by atoms with Crippen LogP contribution in [0, 0.1) is 0 Å². The van der Waals surface area contributed by atoms with Crippen molar-refractivity contribution in [2.45, 2.75) is 19.1 Å². The molecule has 0 N–H and O–H groups in total. The van der Waals surface area contributed by atoms with Crippen molar-refractivity contribution in [3.05, 3.63) is 192 Å². The standard InChI is InChI=1S/C49H36N2O/c1-49(2)42-18-11-19-45-48(42)51(47-41-17-10-9-16-37(41)24-31-46(47)52-45)44-30-29-40(32-43(44)49)50(38-25-20-35(21-26-38)33-12-5-3-6-13-33)39-27-22-36(23-28-39)34-14-7-4-8-15-34/h3-32H,1-2H3/i1D3,2D3,3D,4D,5D,6D,7D,8D,9D,10D,11D,12D,13D,14D,15D,16D,17D,18D,19D,20D,21D,22D,23D,24D,25D,26D,27D,28D,29D,30D,31D,32D. The molecule has 3 heteroatoms. The summed E-state index contributed by atoms with van der Waals surface area (Å²) < 4.78 is 334. The van der Waals surface area contributed by atoms with E-state index in [1.807, 2.05) is 0 Å². The highest BCUT2D eigenvalue weighted by molar-refractivity contribution is 6.06. The Labute approximate surface area is 355 Å². The molecule has 0 atom stereocenters. The molecule has 0 aromatic heterocycles. The number of rotatable bonds is 5. The zero-order valence-corrected chi connectivity index (χ0v) is 25.8. The van der Waals surface area contributed by atoms with E-state index in [1.165, 1.54) is 0 Å². The number of anilines is 6. The minimum absolute atomic E-state index is 0.0878. The van der Waals surface area contributed by atoms with E-state index < -0.39 is 290 Å². The van der Waals surface area contributed by atoms with Gasteiger partial charge in [-0.2, -0.15) is 0 Å². The van der Waals surface area contributed by atoms with E-state index in [2.05, 4.69) is 0 Å². The van der Waals surface area contributed by atoms with Crippen molar-refractivity contribution in [1.29, 1.82) is 0 Å². The van der Waals surface area contributed by atoms with E-state index in [0.717, 1.165) is 0 Å². The Morgan fingerprint density at radius 3 is 1.73 bits per heavy atom. The summed E-state index contributed by atoms with van der Waals surface area (Å²) in [4.78, 5) is 0.649. The molecule has 0 amide bonds. The molecule has 0 saturated heterocycles. The second-order valence-electron chi connectivity index (χ2n) is 11.0. The molecular weight excluding hydrogens is 633 g/mol. The molecule has 0 bridgehead atoms. The molecule has 0 aliphatic carbocycles. The van der Waals surface area contributed by atoms with Gasteiger partial charge in [-0.3, -0.25) is 0 Å². The van der Waals surface area contributed by atoms with E-state index in [0.29, 0.717) is 4.90 Å². The number of ether oxygens (including phenoxy) is 1. The van der Waals surface area contributed by atoms with Crippen LogP contribution in [0.15, 0.2) is 181 Å². The highest BCUT2D eigenvalue weighted by atomic mass is 16.5. The maximum atomic E-state index is 10.4. The van der Waals surface area contributed by atoms with Gasteiger partial charge < -0.3 is 14.5 Å². The third-order valence-electron chi connectivity index (χ3n) is 8.05. The summed E-state index contributed by atoms with van der Waals surface area (Å²) in [6.07, 6.45) is 0. The Balaban J connectivity index is 1.49. The highest BCUT2D eigenvalue weighted by Crippen LogP contribution is 2.61. The van der Waals surface area contributed by atoms with Gasteiger partial charge in [-0.05, 0) is 93.1 Å². The second kappa shape index (κ2) is 11.8. The molecule has 0 spiro atoms. The first kappa shape index (κ1) is 11.0. The molecule has 248 valence electrons. The van der Waals surface area contributed by atoms with Crippen LogP contribution >= 0.6 is 0 Å². The largest absolute Gasteiger partial charge is 0.453 e. The first-order valence-electron chi connectivity index (χ1n) is 33.0. The zero-order chi connectivity index (χ0) is 65.9. The molecule has 10 rings (SSSR count). The lowest BCUT2D eigenvalue weighted by atomic mass is 9.73. The SMILES string of the molecule is [2H]c1c([2H])c([2H])c(-c2c([2H])c([2H])c(N(c3c([2H])c([2H])c(-c4c([2H])c([2H])c([2H])c([2H])c4[2H])c([2H])c3[2H])c3c([2H])c([2H])c4c(c3[2H])C(C([2H])([2H])[2H])(C([2H])([2H])[2H])c3c([2H])c([2H])c([2H])c5c3N4c3c(c([2H])c([2H])c4c([2H])c([2H])c([2H])c([2H])c34)O5)c([2H])c2[2H])c([2H])c1[2H]. The lowest BCUT2D eigenvalue weighted by molar-refractivity contribution is 0.472. The Hall–Kier alpha value is -6.58. The van der Waals surface area contributed by atoms with Crippen LogP contribution in [-0.2, 0) is 5.41 Å². The lowest BCUT2D eigenvalue weighted by Crippen LogP contribution is -2.32. The van der Waals surface area contributed by atoms with E-state index >= 15 is 0 Å². The lowest BCUT2D eigenvalue weighted by Gasteiger charge is -2.45. The minimum Gasteiger partial charge on any atom is -0.453 e. The van der Waals surface area contributed by atoms with E-state index in [1.54, 1.807) is 0 Å². The first-order valence-corrected chi connectivity index (χ1v) is 15.0.